The number of rotatable bonds is 7. The van der Waals surface area contributed by atoms with Gasteiger partial charge in [0.2, 0.25) is 0 Å². The van der Waals surface area contributed by atoms with Crippen molar-refractivity contribution in [2.45, 2.75) is 38.6 Å². The number of sulfonamides is 1. The molecule has 0 unspecified atom stereocenters. The first kappa shape index (κ1) is 16.1. The van der Waals surface area contributed by atoms with Crippen molar-refractivity contribution in [1.29, 1.82) is 0 Å². The Morgan fingerprint density at radius 3 is 2.37 bits per heavy atom. The minimum atomic E-state index is -3.62. The van der Waals surface area contributed by atoms with Gasteiger partial charge in [-0.1, -0.05) is 13.8 Å². The molecule has 1 aromatic heterocycles. The van der Waals surface area contributed by atoms with E-state index in [1.807, 2.05) is 13.8 Å². The van der Waals surface area contributed by atoms with Gasteiger partial charge in [-0.05, 0) is 19.8 Å². The van der Waals surface area contributed by atoms with E-state index in [4.69, 9.17) is 0 Å². The second-order valence-corrected chi connectivity index (χ2v) is 6.64. The van der Waals surface area contributed by atoms with E-state index in [-0.39, 0.29) is 18.2 Å². The Kier molecular flexibility index (Phi) is 5.11. The fourth-order valence-corrected chi connectivity index (χ4v) is 2.95. The first-order valence-corrected chi connectivity index (χ1v) is 7.89. The maximum atomic E-state index is 12.1. The summed E-state index contributed by atoms with van der Waals surface area (Å²) in [7, 11) is -1.87. The Hall–Kier alpha value is -0.920. The van der Waals surface area contributed by atoms with Crippen molar-refractivity contribution in [3.8, 4) is 0 Å². The second kappa shape index (κ2) is 6.02. The molecule has 0 bridgehead atoms. The predicted octanol–water partition coefficient (Wildman–Crippen LogP) is 0.806. The van der Waals surface area contributed by atoms with Crippen molar-refractivity contribution in [1.82, 2.24) is 14.3 Å². The normalized spacial score (nSPS) is 12.9. The zero-order valence-electron chi connectivity index (χ0n) is 12.0. The summed E-state index contributed by atoms with van der Waals surface area (Å²) >= 11 is 0. The van der Waals surface area contributed by atoms with Gasteiger partial charge in [0.25, 0.3) is 10.0 Å². The lowest BCUT2D eigenvalue weighted by atomic mass is 9.84. The minimum Gasteiger partial charge on any atom is -0.396 e. The van der Waals surface area contributed by atoms with Crippen LogP contribution in [-0.2, 0) is 17.1 Å². The first-order valence-electron chi connectivity index (χ1n) is 6.40. The second-order valence-electron chi connectivity index (χ2n) is 4.93. The Morgan fingerprint density at radius 1 is 1.42 bits per heavy atom. The fourth-order valence-electron chi connectivity index (χ4n) is 1.76. The van der Waals surface area contributed by atoms with Crippen LogP contribution in [0.25, 0.3) is 0 Å². The number of aliphatic hydroxyl groups excluding tert-OH is 1. The molecule has 0 aromatic carbocycles. The summed E-state index contributed by atoms with van der Waals surface area (Å²) in [5.41, 5.74) is -0.406. The molecule has 0 saturated carbocycles. The molecule has 0 aliphatic heterocycles. The number of hydrogen-bond acceptors (Lipinski definition) is 4. The Morgan fingerprint density at radius 2 is 2.00 bits per heavy atom. The van der Waals surface area contributed by atoms with Gasteiger partial charge in [0.15, 0.2) is 5.03 Å². The van der Waals surface area contributed by atoms with E-state index in [1.165, 1.54) is 6.20 Å². The zero-order valence-corrected chi connectivity index (χ0v) is 12.8. The summed E-state index contributed by atoms with van der Waals surface area (Å²) in [4.78, 5) is 4.01. The number of aliphatic hydroxyl groups is 1. The SMILES string of the molecule is CCC(CC)(CO)CNS(=O)(=O)c1cn(C)c(C)n1. The third-order valence-corrected chi connectivity index (χ3v) is 5.11. The Bertz CT molecular complexity index is 491. The summed E-state index contributed by atoms with van der Waals surface area (Å²) in [6.45, 7) is 5.81. The standard InChI is InChI=1S/C12H23N3O3S/c1-5-12(6-2,9-16)8-13-19(17,18)11-7-15(4)10(3)14-11/h7,13,16H,5-6,8-9H2,1-4H3. The highest BCUT2D eigenvalue weighted by molar-refractivity contribution is 7.89. The van der Waals surface area contributed by atoms with Gasteiger partial charge in [-0.25, -0.2) is 18.1 Å². The summed E-state index contributed by atoms with van der Waals surface area (Å²) in [6.07, 6.45) is 2.91. The number of imidazole rings is 1. The molecule has 0 aliphatic rings. The van der Waals surface area contributed by atoms with Crippen LogP contribution < -0.4 is 4.72 Å². The maximum absolute atomic E-state index is 12.1. The third-order valence-electron chi connectivity index (χ3n) is 3.83. The first-order chi connectivity index (χ1) is 8.80. The molecule has 0 spiro atoms. The van der Waals surface area contributed by atoms with Gasteiger partial charge in [-0.3, -0.25) is 0 Å². The Labute approximate surface area is 114 Å². The topological polar surface area (TPSA) is 84.2 Å². The molecule has 2 N–H and O–H groups in total. The molecule has 1 rings (SSSR count). The number of aromatic nitrogens is 2. The van der Waals surface area contributed by atoms with E-state index in [9.17, 15) is 13.5 Å². The van der Waals surface area contributed by atoms with Crippen molar-refractivity contribution >= 4 is 10.0 Å². The van der Waals surface area contributed by atoms with Gasteiger partial charge in [0.05, 0.1) is 0 Å². The number of hydrogen-bond donors (Lipinski definition) is 2. The largest absolute Gasteiger partial charge is 0.396 e. The maximum Gasteiger partial charge on any atom is 0.259 e. The molecule has 19 heavy (non-hydrogen) atoms. The average Bonchev–Trinajstić information content (AvgIpc) is 2.73. The van der Waals surface area contributed by atoms with Crippen LogP contribution in [-0.4, -0.2) is 36.2 Å². The molecule has 0 atom stereocenters. The quantitative estimate of drug-likeness (QED) is 0.778. The summed E-state index contributed by atoms with van der Waals surface area (Å²) in [5, 5.41) is 9.46. The van der Waals surface area contributed by atoms with Crippen LogP contribution in [0.3, 0.4) is 0 Å². The highest BCUT2D eigenvalue weighted by Gasteiger charge is 2.28. The highest BCUT2D eigenvalue weighted by atomic mass is 32.2. The lowest BCUT2D eigenvalue weighted by Crippen LogP contribution is -2.39. The van der Waals surface area contributed by atoms with E-state index in [0.29, 0.717) is 18.7 Å². The van der Waals surface area contributed by atoms with Gasteiger partial charge in [-0.2, -0.15) is 0 Å². The monoisotopic (exact) mass is 289 g/mol. The molecule has 0 radical (unpaired) electrons. The van der Waals surface area contributed by atoms with Crippen molar-refractivity contribution in [2.75, 3.05) is 13.2 Å². The molecule has 0 amide bonds. The van der Waals surface area contributed by atoms with E-state index >= 15 is 0 Å². The van der Waals surface area contributed by atoms with Crippen LogP contribution in [0.5, 0.6) is 0 Å². The van der Waals surface area contributed by atoms with Crippen molar-refractivity contribution < 1.29 is 13.5 Å². The van der Waals surface area contributed by atoms with Gasteiger partial charge >= 0.3 is 0 Å². The molecule has 0 aliphatic carbocycles. The molecular weight excluding hydrogens is 266 g/mol. The highest BCUT2D eigenvalue weighted by Crippen LogP contribution is 2.25. The van der Waals surface area contributed by atoms with Crippen molar-refractivity contribution in [3.63, 3.8) is 0 Å². The lowest BCUT2D eigenvalue weighted by Gasteiger charge is -2.29. The zero-order chi connectivity index (χ0) is 14.7. The van der Waals surface area contributed by atoms with E-state index in [1.54, 1.807) is 18.5 Å². The minimum absolute atomic E-state index is 0.0199. The molecular formula is C12H23N3O3S. The van der Waals surface area contributed by atoms with Gasteiger partial charge in [-0.15, -0.1) is 0 Å². The summed E-state index contributed by atoms with van der Waals surface area (Å²) in [5.74, 6) is 0.639. The van der Waals surface area contributed by atoms with E-state index in [0.717, 1.165) is 0 Å². The summed E-state index contributed by atoms with van der Waals surface area (Å²) in [6, 6.07) is 0. The Balaban J connectivity index is 2.86. The summed E-state index contributed by atoms with van der Waals surface area (Å²) < 4.78 is 28.5. The molecule has 0 saturated heterocycles. The van der Waals surface area contributed by atoms with Gasteiger partial charge < -0.3 is 9.67 Å². The van der Waals surface area contributed by atoms with Crippen LogP contribution in [0, 0.1) is 12.3 Å². The number of nitrogens with one attached hydrogen (secondary N) is 1. The van der Waals surface area contributed by atoms with Gasteiger partial charge in [0, 0.05) is 31.8 Å². The van der Waals surface area contributed by atoms with Gasteiger partial charge in [0.1, 0.15) is 5.82 Å². The van der Waals surface area contributed by atoms with Crippen LogP contribution in [0.1, 0.15) is 32.5 Å². The molecule has 6 nitrogen and oxygen atoms in total. The smallest absolute Gasteiger partial charge is 0.259 e. The lowest BCUT2D eigenvalue weighted by molar-refractivity contribution is 0.119. The van der Waals surface area contributed by atoms with Crippen LogP contribution in [0.2, 0.25) is 0 Å². The van der Waals surface area contributed by atoms with Crippen LogP contribution >= 0.6 is 0 Å². The van der Waals surface area contributed by atoms with Crippen LogP contribution in [0.4, 0.5) is 0 Å². The third kappa shape index (κ3) is 3.55. The number of aryl methyl sites for hydroxylation is 2. The predicted molar refractivity (Wildman–Crippen MR) is 73.2 cm³/mol. The fraction of sp³-hybridized carbons (Fsp3) is 0.750. The number of nitrogens with zero attached hydrogens (tertiary/aromatic N) is 2. The van der Waals surface area contributed by atoms with E-state index < -0.39 is 15.4 Å². The average molecular weight is 289 g/mol. The van der Waals surface area contributed by atoms with E-state index in [2.05, 4.69) is 9.71 Å². The molecule has 1 heterocycles. The molecule has 0 fully saturated rings. The van der Waals surface area contributed by atoms with Crippen LogP contribution in [0.15, 0.2) is 11.2 Å². The van der Waals surface area contributed by atoms with Crippen molar-refractivity contribution in [3.05, 3.63) is 12.0 Å². The molecule has 1 aromatic rings. The molecule has 110 valence electrons. The molecule has 7 heteroatoms. The van der Waals surface area contributed by atoms with Crippen molar-refractivity contribution in [2.24, 2.45) is 12.5 Å².